The summed E-state index contributed by atoms with van der Waals surface area (Å²) in [5.41, 5.74) is -1.37. The number of phenols is 2. The molecular weight excluding hydrogens is 401 g/mol. The van der Waals surface area contributed by atoms with Gasteiger partial charge in [-0.1, -0.05) is 30.3 Å². The zero-order valence-electron chi connectivity index (χ0n) is 14.3. The maximum atomic E-state index is 11.2. The second kappa shape index (κ2) is 8.20. The Labute approximate surface area is 180 Å². The SMILES string of the molecule is O=[N+]([O-])c1cc(N=Nc2c(O)ccc3ccccc23)c(O)c(S(=O)(=O)[O-])c1.[Na+]. The van der Waals surface area contributed by atoms with Crippen LogP contribution in [0.3, 0.4) is 0 Å². The predicted molar refractivity (Wildman–Crippen MR) is 92.5 cm³/mol. The fraction of sp³-hybridized carbons (Fsp3) is 0. The van der Waals surface area contributed by atoms with E-state index in [-0.39, 0.29) is 41.0 Å². The molecule has 0 aliphatic heterocycles. The van der Waals surface area contributed by atoms with Crippen LogP contribution >= 0.6 is 0 Å². The number of fused-ring (bicyclic) bond motifs is 1. The van der Waals surface area contributed by atoms with E-state index in [2.05, 4.69) is 10.2 Å². The smallest absolute Gasteiger partial charge is 0.744 e. The van der Waals surface area contributed by atoms with Crippen LogP contribution in [0.15, 0.2) is 63.7 Å². The first-order chi connectivity index (χ1) is 12.7. The van der Waals surface area contributed by atoms with E-state index in [0.717, 1.165) is 11.5 Å². The maximum Gasteiger partial charge on any atom is 1.00 e. The van der Waals surface area contributed by atoms with Crippen molar-refractivity contribution in [2.45, 2.75) is 4.90 Å². The number of nitrogens with zero attached hydrogens (tertiary/aromatic N) is 3. The molecule has 0 radical (unpaired) electrons. The molecular formula is C16H10N3NaO7S. The number of hydrogen-bond donors (Lipinski definition) is 2. The minimum atomic E-state index is -5.19. The van der Waals surface area contributed by atoms with Crippen LogP contribution in [0.1, 0.15) is 0 Å². The van der Waals surface area contributed by atoms with Crippen LogP contribution in [0, 0.1) is 10.1 Å². The molecule has 0 aromatic heterocycles. The molecule has 12 heteroatoms. The van der Waals surface area contributed by atoms with Gasteiger partial charge in [0.15, 0.2) is 5.75 Å². The molecule has 3 aromatic carbocycles. The van der Waals surface area contributed by atoms with Crippen molar-refractivity contribution in [1.82, 2.24) is 0 Å². The van der Waals surface area contributed by atoms with E-state index in [1.807, 2.05) is 0 Å². The van der Waals surface area contributed by atoms with Gasteiger partial charge in [-0.2, -0.15) is 0 Å². The molecule has 3 rings (SSSR count). The molecule has 0 atom stereocenters. The monoisotopic (exact) mass is 411 g/mol. The van der Waals surface area contributed by atoms with Crippen molar-refractivity contribution in [2.75, 3.05) is 0 Å². The second-order valence-corrected chi connectivity index (χ2v) is 6.73. The summed E-state index contributed by atoms with van der Waals surface area (Å²) >= 11 is 0. The average molecular weight is 411 g/mol. The quantitative estimate of drug-likeness (QED) is 0.207. The Morgan fingerprint density at radius 3 is 2.32 bits per heavy atom. The molecule has 0 unspecified atom stereocenters. The molecule has 0 spiro atoms. The molecule has 0 heterocycles. The van der Waals surface area contributed by atoms with Gasteiger partial charge in [0, 0.05) is 17.5 Å². The van der Waals surface area contributed by atoms with Crippen molar-refractivity contribution in [3.63, 3.8) is 0 Å². The molecule has 0 saturated heterocycles. The van der Waals surface area contributed by atoms with Gasteiger partial charge in [0.25, 0.3) is 5.69 Å². The van der Waals surface area contributed by atoms with Crippen LogP contribution in [-0.4, -0.2) is 28.1 Å². The van der Waals surface area contributed by atoms with E-state index in [1.165, 1.54) is 6.07 Å². The Morgan fingerprint density at radius 2 is 1.68 bits per heavy atom. The summed E-state index contributed by atoms with van der Waals surface area (Å²) in [6.45, 7) is 0. The Kier molecular flexibility index (Phi) is 6.37. The van der Waals surface area contributed by atoms with Crippen LogP contribution in [0.4, 0.5) is 17.1 Å². The van der Waals surface area contributed by atoms with Crippen molar-refractivity contribution in [2.24, 2.45) is 10.2 Å². The van der Waals surface area contributed by atoms with Gasteiger partial charge in [0.1, 0.15) is 32.1 Å². The number of non-ortho nitro benzene ring substituents is 1. The molecule has 138 valence electrons. The average Bonchev–Trinajstić information content (AvgIpc) is 2.60. The summed E-state index contributed by atoms with van der Waals surface area (Å²) in [6.07, 6.45) is 0. The molecule has 0 aliphatic carbocycles. The first kappa shape index (κ1) is 21.7. The van der Waals surface area contributed by atoms with Crippen LogP contribution < -0.4 is 29.6 Å². The minimum Gasteiger partial charge on any atom is -0.744 e. The Balaban J connectivity index is 0.00000280. The molecule has 0 amide bonds. The van der Waals surface area contributed by atoms with Gasteiger partial charge in [-0.25, -0.2) is 8.42 Å². The molecule has 2 N–H and O–H groups in total. The number of azo groups is 1. The molecule has 0 fully saturated rings. The number of hydrogen-bond acceptors (Lipinski definition) is 9. The third kappa shape index (κ3) is 4.29. The van der Waals surface area contributed by atoms with Crippen molar-refractivity contribution in [1.29, 1.82) is 0 Å². The van der Waals surface area contributed by atoms with E-state index >= 15 is 0 Å². The molecule has 3 aromatic rings. The number of aromatic hydroxyl groups is 2. The summed E-state index contributed by atoms with van der Waals surface area (Å²) in [5.74, 6) is -1.32. The van der Waals surface area contributed by atoms with Gasteiger partial charge in [-0.05, 0) is 11.5 Å². The molecule has 0 aliphatic rings. The van der Waals surface area contributed by atoms with Crippen LogP contribution in [0.5, 0.6) is 11.5 Å². The summed E-state index contributed by atoms with van der Waals surface area (Å²) in [4.78, 5) is 8.83. The fourth-order valence-corrected chi connectivity index (χ4v) is 3.01. The summed E-state index contributed by atoms with van der Waals surface area (Å²) < 4.78 is 33.7. The number of rotatable bonds is 4. The topological polar surface area (TPSA) is 166 Å². The van der Waals surface area contributed by atoms with Crippen molar-refractivity contribution in [3.05, 3.63) is 58.6 Å². The normalized spacial score (nSPS) is 11.5. The zero-order chi connectivity index (χ0) is 19.8. The van der Waals surface area contributed by atoms with Gasteiger partial charge in [-0.3, -0.25) is 10.1 Å². The van der Waals surface area contributed by atoms with Crippen molar-refractivity contribution in [3.8, 4) is 11.5 Å². The first-order valence-electron chi connectivity index (χ1n) is 7.28. The van der Waals surface area contributed by atoms with Crippen LogP contribution in [0.25, 0.3) is 10.8 Å². The van der Waals surface area contributed by atoms with Crippen molar-refractivity contribution >= 4 is 38.0 Å². The van der Waals surface area contributed by atoms with E-state index in [0.29, 0.717) is 11.5 Å². The number of phenolic OH excluding ortho intramolecular Hbond substituents is 2. The Hall–Kier alpha value is -2.57. The van der Waals surface area contributed by atoms with Crippen LogP contribution in [0.2, 0.25) is 0 Å². The van der Waals surface area contributed by atoms with Crippen molar-refractivity contribution < 1.29 is 57.7 Å². The second-order valence-electron chi connectivity index (χ2n) is 5.38. The molecule has 28 heavy (non-hydrogen) atoms. The largest absolute Gasteiger partial charge is 1.00 e. The third-order valence-corrected chi connectivity index (χ3v) is 4.51. The van der Waals surface area contributed by atoms with Gasteiger partial charge in [0.05, 0.1) is 4.92 Å². The number of nitro groups is 1. The zero-order valence-corrected chi connectivity index (χ0v) is 17.1. The predicted octanol–water partition coefficient (Wildman–Crippen LogP) is 0.483. The van der Waals surface area contributed by atoms with Gasteiger partial charge >= 0.3 is 29.6 Å². The van der Waals surface area contributed by atoms with E-state index in [1.54, 1.807) is 30.3 Å². The molecule has 0 bridgehead atoms. The molecule has 0 saturated carbocycles. The van der Waals surface area contributed by atoms with Crippen LogP contribution in [-0.2, 0) is 10.1 Å². The number of nitro benzene ring substituents is 1. The standard InChI is InChI=1S/C16H11N3O7S.Na/c20-13-6-5-9-3-1-2-4-11(9)15(13)18-17-12-7-10(19(22)23)8-14(16(12)21)27(24,25)26;/h1-8,20-21H,(H,24,25,26);/q;+1/p-1. The van der Waals surface area contributed by atoms with E-state index < -0.39 is 37.1 Å². The molecule has 10 nitrogen and oxygen atoms in total. The Morgan fingerprint density at radius 1 is 1.00 bits per heavy atom. The summed E-state index contributed by atoms with van der Waals surface area (Å²) in [5, 5.41) is 39.6. The fourth-order valence-electron chi connectivity index (χ4n) is 2.40. The minimum absolute atomic E-state index is 0. The summed E-state index contributed by atoms with van der Waals surface area (Å²) in [7, 11) is -5.19. The van der Waals surface area contributed by atoms with Gasteiger partial charge < -0.3 is 14.8 Å². The number of benzene rings is 3. The van der Waals surface area contributed by atoms with Gasteiger partial charge in [-0.15, -0.1) is 10.2 Å². The third-order valence-electron chi connectivity index (χ3n) is 3.66. The maximum absolute atomic E-state index is 11.2. The summed E-state index contributed by atoms with van der Waals surface area (Å²) in [6, 6.07) is 11.0. The van der Waals surface area contributed by atoms with Gasteiger partial charge in [0.2, 0.25) is 0 Å². The first-order valence-corrected chi connectivity index (χ1v) is 8.69. The van der Waals surface area contributed by atoms with E-state index in [9.17, 15) is 33.3 Å². The van der Waals surface area contributed by atoms with E-state index in [4.69, 9.17) is 0 Å². The Bertz CT molecular complexity index is 1210.